The fourth-order valence-electron chi connectivity index (χ4n) is 4.56. The number of aryl methyl sites for hydroxylation is 1. The second-order valence-corrected chi connectivity index (χ2v) is 11.9. The number of sulfonamides is 1. The van der Waals surface area contributed by atoms with Crippen molar-refractivity contribution in [3.8, 4) is 0 Å². The standard InChI is InChI=1S/C27H36ClN3O4S/c1-19-11-10-16-25(20(19)2)31(36(4,34)35)18-26(32)30(17-22-12-8-9-15-24(22)28)21(3)27(33)29-23-13-6-5-7-14-23/h8-12,15-16,21,23H,5-7,13-14,17-18H2,1-4H3,(H,29,33)/t21-/m0/s1. The minimum Gasteiger partial charge on any atom is -0.352 e. The highest BCUT2D eigenvalue weighted by Crippen LogP contribution is 2.26. The lowest BCUT2D eigenvalue weighted by molar-refractivity contribution is -0.139. The predicted octanol–water partition coefficient (Wildman–Crippen LogP) is 4.59. The number of benzene rings is 2. The number of nitrogens with one attached hydrogen (secondary N) is 1. The third kappa shape index (κ3) is 7.01. The molecule has 1 saturated carbocycles. The van der Waals surface area contributed by atoms with Crippen molar-refractivity contribution < 1.29 is 18.0 Å². The SMILES string of the molecule is Cc1cccc(N(CC(=O)N(Cc2ccccc2Cl)[C@@H](C)C(=O)NC2CCCCC2)S(C)(=O)=O)c1C. The summed E-state index contributed by atoms with van der Waals surface area (Å²) in [5.74, 6) is -0.729. The van der Waals surface area contributed by atoms with Crippen LogP contribution in [0.3, 0.4) is 0 Å². The van der Waals surface area contributed by atoms with Gasteiger partial charge in [0.1, 0.15) is 12.6 Å². The van der Waals surface area contributed by atoms with Crippen molar-refractivity contribution in [2.75, 3.05) is 17.1 Å². The molecule has 36 heavy (non-hydrogen) atoms. The quantitative estimate of drug-likeness (QED) is 0.511. The molecule has 0 saturated heterocycles. The van der Waals surface area contributed by atoms with Crippen LogP contribution >= 0.6 is 11.6 Å². The van der Waals surface area contributed by atoms with Crippen molar-refractivity contribution in [2.24, 2.45) is 0 Å². The molecule has 1 aliphatic rings. The van der Waals surface area contributed by atoms with E-state index in [1.807, 2.05) is 26.0 Å². The molecular weight excluding hydrogens is 498 g/mol. The highest BCUT2D eigenvalue weighted by Gasteiger charge is 2.32. The molecule has 0 bridgehead atoms. The van der Waals surface area contributed by atoms with Crippen LogP contribution in [-0.2, 0) is 26.2 Å². The maximum absolute atomic E-state index is 13.7. The van der Waals surface area contributed by atoms with Crippen LogP contribution in [0.25, 0.3) is 0 Å². The molecule has 3 rings (SSSR count). The summed E-state index contributed by atoms with van der Waals surface area (Å²) in [6.07, 6.45) is 6.23. The summed E-state index contributed by atoms with van der Waals surface area (Å²) in [6, 6.07) is 11.8. The molecule has 0 aromatic heterocycles. The van der Waals surface area contributed by atoms with Gasteiger partial charge in [-0.3, -0.25) is 13.9 Å². The van der Waals surface area contributed by atoms with Crippen LogP contribution < -0.4 is 9.62 Å². The number of hydrogen-bond donors (Lipinski definition) is 1. The first-order valence-electron chi connectivity index (χ1n) is 12.4. The summed E-state index contributed by atoms with van der Waals surface area (Å²) in [5, 5.41) is 3.57. The zero-order chi connectivity index (χ0) is 26.5. The van der Waals surface area contributed by atoms with Crippen LogP contribution in [0.2, 0.25) is 5.02 Å². The van der Waals surface area contributed by atoms with Gasteiger partial charge < -0.3 is 10.2 Å². The lowest BCUT2D eigenvalue weighted by Gasteiger charge is -2.33. The Morgan fingerprint density at radius 1 is 1.06 bits per heavy atom. The first kappa shape index (κ1) is 28.0. The molecule has 7 nitrogen and oxygen atoms in total. The van der Waals surface area contributed by atoms with Crippen molar-refractivity contribution in [1.29, 1.82) is 0 Å². The Balaban J connectivity index is 1.91. The summed E-state index contributed by atoms with van der Waals surface area (Å²) in [7, 11) is -3.78. The van der Waals surface area contributed by atoms with E-state index in [1.165, 1.54) is 11.3 Å². The van der Waals surface area contributed by atoms with Crippen LogP contribution in [0.5, 0.6) is 0 Å². The number of carbonyl (C=O) groups is 2. The third-order valence-electron chi connectivity index (χ3n) is 6.94. The maximum Gasteiger partial charge on any atom is 0.244 e. The van der Waals surface area contributed by atoms with Gasteiger partial charge in [-0.15, -0.1) is 0 Å². The summed E-state index contributed by atoms with van der Waals surface area (Å²) in [6.45, 7) is 5.06. The molecule has 2 aromatic rings. The number of rotatable bonds is 9. The zero-order valence-electron chi connectivity index (χ0n) is 21.5. The average Bonchev–Trinajstić information content (AvgIpc) is 2.83. The van der Waals surface area contributed by atoms with E-state index in [9.17, 15) is 18.0 Å². The van der Waals surface area contributed by atoms with Crippen molar-refractivity contribution in [3.05, 3.63) is 64.2 Å². The van der Waals surface area contributed by atoms with Crippen molar-refractivity contribution in [3.63, 3.8) is 0 Å². The summed E-state index contributed by atoms with van der Waals surface area (Å²) >= 11 is 6.38. The van der Waals surface area contributed by atoms with Crippen LogP contribution in [0.1, 0.15) is 55.7 Å². The highest BCUT2D eigenvalue weighted by molar-refractivity contribution is 7.92. The number of anilines is 1. The Bertz CT molecular complexity index is 1200. The molecule has 2 amide bonds. The second-order valence-electron chi connectivity index (χ2n) is 9.62. The molecule has 196 valence electrons. The topological polar surface area (TPSA) is 86.8 Å². The molecule has 9 heteroatoms. The van der Waals surface area contributed by atoms with E-state index in [0.29, 0.717) is 16.3 Å². The Hall–Kier alpha value is -2.58. The number of nitrogens with zero attached hydrogens (tertiary/aromatic N) is 2. The van der Waals surface area contributed by atoms with Gasteiger partial charge >= 0.3 is 0 Å². The van der Waals surface area contributed by atoms with Crippen molar-refractivity contribution in [1.82, 2.24) is 10.2 Å². The van der Waals surface area contributed by atoms with Gasteiger partial charge in [0.15, 0.2) is 0 Å². The van der Waals surface area contributed by atoms with Crippen LogP contribution in [0.4, 0.5) is 5.69 Å². The van der Waals surface area contributed by atoms with Gasteiger partial charge in [0.2, 0.25) is 21.8 Å². The lowest BCUT2D eigenvalue weighted by Crippen LogP contribution is -2.53. The average molecular weight is 534 g/mol. The number of amides is 2. The minimum absolute atomic E-state index is 0.0855. The van der Waals surface area contributed by atoms with E-state index in [4.69, 9.17) is 11.6 Å². The molecule has 1 aliphatic carbocycles. The third-order valence-corrected chi connectivity index (χ3v) is 8.44. The van der Waals surface area contributed by atoms with Crippen molar-refractivity contribution >= 4 is 39.1 Å². The molecule has 1 fully saturated rings. The molecule has 1 atom stereocenters. The minimum atomic E-state index is -3.78. The van der Waals surface area contributed by atoms with Gasteiger partial charge in [0.05, 0.1) is 11.9 Å². The molecule has 2 aromatic carbocycles. The Morgan fingerprint density at radius 3 is 2.36 bits per heavy atom. The molecule has 1 N–H and O–H groups in total. The summed E-state index contributed by atoms with van der Waals surface area (Å²) in [4.78, 5) is 28.4. The predicted molar refractivity (Wildman–Crippen MR) is 145 cm³/mol. The highest BCUT2D eigenvalue weighted by atomic mass is 35.5. The van der Waals surface area contributed by atoms with Crippen LogP contribution in [0, 0.1) is 13.8 Å². The largest absolute Gasteiger partial charge is 0.352 e. The lowest BCUT2D eigenvalue weighted by atomic mass is 9.95. The summed E-state index contributed by atoms with van der Waals surface area (Å²) in [5.41, 5.74) is 2.82. The van der Waals surface area contributed by atoms with Gasteiger partial charge in [0, 0.05) is 17.6 Å². The van der Waals surface area contributed by atoms with E-state index < -0.39 is 28.5 Å². The summed E-state index contributed by atoms with van der Waals surface area (Å²) < 4.78 is 26.7. The van der Waals surface area contributed by atoms with E-state index in [2.05, 4.69) is 5.32 Å². The number of hydrogen-bond acceptors (Lipinski definition) is 4. The molecule has 0 unspecified atom stereocenters. The smallest absolute Gasteiger partial charge is 0.244 e. The van der Waals surface area contributed by atoms with E-state index >= 15 is 0 Å². The van der Waals surface area contributed by atoms with E-state index in [-0.39, 0.29) is 18.5 Å². The van der Waals surface area contributed by atoms with Gasteiger partial charge in [-0.1, -0.05) is 61.2 Å². The van der Waals surface area contributed by atoms with E-state index in [0.717, 1.165) is 47.4 Å². The van der Waals surface area contributed by atoms with Crippen LogP contribution in [-0.4, -0.2) is 50.0 Å². The first-order valence-corrected chi connectivity index (χ1v) is 14.6. The molecule has 0 spiro atoms. The molecule has 0 heterocycles. The number of carbonyl (C=O) groups excluding carboxylic acids is 2. The van der Waals surface area contributed by atoms with Gasteiger partial charge in [-0.05, 0) is 62.4 Å². The second kappa shape index (κ2) is 12.1. The van der Waals surface area contributed by atoms with Gasteiger partial charge in [0.25, 0.3) is 0 Å². The Morgan fingerprint density at radius 2 is 1.72 bits per heavy atom. The maximum atomic E-state index is 13.7. The normalized spacial score (nSPS) is 15.2. The monoisotopic (exact) mass is 533 g/mol. The Labute approximate surface area is 219 Å². The Kier molecular flexibility index (Phi) is 9.41. The van der Waals surface area contributed by atoms with Crippen LogP contribution in [0.15, 0.2) is 42.5 Å². The first-order chi connectivity index (χ1) is 17.0. The van der Waals surface area contributed by atoms with Gasteiger partial charge in [-0.25, -0.2) is 8.42 Å². The molecule has 0 radical (unpaired) electrons. The fraction of sp³-hybridized carbons (Fsp3) is 0.481. The zero-order valence-corrected chi connectivity index (χ0v) is 23.0. The number of halogens is 1. The fourth-order valence-corrected chi connectivity index (χ4v) is 5.66. The molecular formula is C27H36ClN3O4S. The van der Waals surface area contributed by atoms with E-state index in [1.54, 1.807) is 37.3 Å². The van der Waals surface area contributed by atoms with Crippen molar-refractivity contribution in [2.45, 2.75) is 71.5 Å². The molecule has 0 aliphatic heterocycles. The van der Waals surface area contributed by atoms with Gasteiger partial charge in [-0.2, -0.15) is 0 Å².